The molecule has 7 heteroatoms. The van der Waals surface area contributed by atoms with Gasteiger partial charge in [-0.15, -0.1) is 0 Å². The average molecular weight is 370 g/mol. The molecule has 0 aromatic heterocycles. The zero-order valence-electron chi connectivity index (χ0n) is 15.8. The van der Waals surface area contributed by atoms with Crippen molar-refractivity contribution >= 4 is 23.2 Å². The molecular formula is C20H22N2O5. The molecule has 1 N–H and O–H groups in total. The Morgan fingerprint density at radius 2 is 1.67 bits per heavy atom. The maximum absolute atomic E-state index is 12.7. The van der Waals surface area contributed by atoms with Crippen LogP contribution in [0.3, 0.4) is 0 Å². The molecule has 0 fully saturated rings. The van der Waals surface area contributed by atoms with Gasteiger partial charge in [-0.1, -0.05) is 6.07 Å². The molecule has 1 aliphatic heterocycles. The zero-order valence-corrected chi connectivity index (χ0v) is 15.8. The largest absolute Gasteiger partial charge is 0.493 e. The molecule has 0 saturated heterocycles. The van der Waals surface area contributed by atoms with Crippen molar-refractivity contribution in [1.82, 2.24) is 0 Å². The van der Waals surface area contributed by atoms with E-state index in [4.69, 9.17) is 14.2 Å². The van der Waals surface area contributed by atoms with Crippen molar-refractivity contribution in [1.29, 1.82) is 0 Å². The number of hydrogen-bond acceptors (Lipinski definition) is 5. The van der Waals surface area contributed by atoms with Gasteiger partial charge in [-0.05, 0) is 36.2 Å². The van der Waals surface area contributed by atoms with E-state index in [0.29, 0.717) is 35.0 Å². The smallest absolute Gasteiger partial charge is 0.255 e. The molecule has 142 valence electrons. The lowest BCUT2D eigenvalue weighted by Gasteiger charge is -2.16. The lowest BCUT2D eigenvalue weighted by Crippen LogP contribution is -2.25. The highest BCUT2D eigenvalue weighted by Crippen LogP contribution is 2.38. The van der Waals surface area contributed by atoms with Gasteiger partial charge in [0.2, 0.25) is 11.7 Å². The number of carbonyl (C=O) groups excluding carboxylic acids is 2. The monoisotopic (exact) mass is 370 g/mol. The average Bonchev–Trinajstić information content (AvgIpc) is 3.10. The summed E-state index contributed by atoms with van der Waals surface area (Å²) in [6, 6.07) is 8.76. The summed E-state index contributed by atoms with van der Waals surface area (Å²) >= 11 is 0. The molecule has 7 nitrogen and oxygen atoms in total. The number of methoxy groups -OCH3 is 3. The predicted molar refractivity (Wildman–Crippen MR) is 102 cm³/mol. The Morgan fingerprint density at radius 3 is 2.22 bits per heavy atom. The van der Waals surface area contributed by atoms with Crippen LogP contribution in [0, 0.1) is 0 Å². The van der Waals surface area contributed by atoms with E-state index in [1.54, 1.807) is 17.0 Å². The molecule has 1 heterocycles. The first-order valence-corrected chi connectivity index (χ1v) is 8.51. The van der Waals surface area contributed by atoms with Crippen LogP contribution in [0.15, 0.2) is 30.3 Å². The van der Waals surface area contributed by atoms with Crippen LogP contribution in [-0.2, 0) is 11.2 Å². The molecule has 2 aromatic rings. The number of benzene rings is 2. The van der Waals surface area contributed by atoms with Crippen LogP contribution >= 0.6 is 0 Å². The van der Waals surface area contributed by atoms with Gasteiger partial charge < -0.3 is 24.4 Å². The summed E-state index contributed by atoms with van der Waals surface area (Å²) in [6.45, 7) is 2.20. The zero-order chi connectivity index (χ0) is 19.6. The summed E-state index contributed by atoms with van der Waals surface area (Å²) in [6.07, 6.45) is 0.815. The van der Waals surface area contributed by atoms with Gasteiger partial charge in [-0.2, -0.15) is 0 Å². The molecule has 0 atom stereocenters. The van der Waals surface area contributed by atoms with Gasteiger partial charge in [0.1, 0.15) is 0 Å². The molecule has 1 aliphatic rings. The van der Waals surface area contributed by atoms with Crippen molar-refractivity contribution in [3.63, 3.8) is 0 Å². The number of ether oxygens (including phenoxy) is 3. The van der Waals surface area contributed by atoms with E-state index in [1.807, 2.05) is 18.2 Å². The molecule has 0 aliphatic carbocycles. The number of nitrogens with one attached hydrogen (secondary N) is 1. The van der Waals surface area contributed by atoms with Crippen LogP contribution < -0.4 is 24.4 Å². The van der Waals surface area contributed by atoms with Crippen LogP contribution in [0.5, 0.6) is 17.2 Å². The molecular weight excluding hydrogens is 348 g/mol. The summed E-state index contributed by atoms with van der Waals surface area (Å²) in [7, 11) is 4.50. The lowest BCUT2D eigenvalue weighted by molar-refractivity contribution is -0.116. The van der Waals surface area contributed by atoms with Crippen LogP contribution in [0.4, 0.5) is 11.4 Å². The Kier molecular flexibility index (Phi) is 5.21. The van der Waals surface area contributed by atoms with Crippen molar-refractivity contribution in [3.05, 3.63) is 41.5 Å². The summed E-state index contributed by atoms with van der Waals surface area (Å²) < 4.78 is 15.9. The van der Waals surface area contributed by atoms with Crippen LogP contribution in [0.1, 0.15) is 22.8 Å². The van der Waals surface area contributed by atoms with Gasteiger partial charge >= 0.3 is 0 Å². The van der Waals surface area contributed by atoms with E-state index in [9.17, 15) is 9.59 Å². The van der Waals surface area contributed by atoms with Gasteiger partial charge in [0.25, 0.3) is 5.91 Å². The normalized spacial score (nSPS) is 12.4. The van der Waals surface area contributed by atoms with E-state index in [2.05, 4.69) is 5.32 Å². The highest BCUT2D eigenvalue weighted by atomic mass is 16.5. The van der Waals surface area contributed by atoms with E-state index in [0.717, 1.165) is 17.7 Å². The fraction of sp³-hybridized carbons (Fsp3) is 0.300. The van der Waals surface area contributed by atoms with Crippen LogP contribution in [0.2, 0.25) is 0 Å². The fourth-order valence-electron chi connectivity index (χ4n) is 3.20. The van der Waals surface area contributed by atoms with E-state index in [-0.39, 0.29) is 11.8 Å². The Morgan fingerprint density at radius 1 is 1.00 bits per heavy atom. The quantitative estimate of drug-likeness (QED) is 0.876. The third-order valence-corrected chi connectivity index (χ3v) is 4.55. The maximum atomic E-state index is 12.7. The summed E-state index contributed by atoms with van der Waals surface area (Å²) in [5.74, 6) is 0.895. The molecule has 0 radical (unpaired) electrons. The highest BCUT2D eigenvalue weighted by molar-refractivity contribution is 6.05. The van der Waals surface area contributed by atoms with Crippen molar-refractivity contribution in [2.75, 3.05) is 38.1 Å². The Bertz CT molecular complexity index is 869. The first-order valence-electron chi connectivity index (χ1n) is 8.51. The second-order valence-electron chi connectivity index (χ2n) is 6.13. The molecule has 3 rings (SSSR count). The number of carbonyl (C=O) groups is 2. The minimum absolute atomic E-state index is 0.0122. The first kappa shape index (κ1) is 18.6. The molecule has 2 aromatic carbocycles. The molecule has 2 amide bonds. The van der Waals surface area contributed by atoms with E-state index in [1.165, 1.54) is 28.3 Å². The maximum Gasteiger partial charge on any atom is 0.255 e. The fourth-order valence-corrected chi connectivity index (χ4v) is 3.20. The molecule has 0 saturated carbocycles. The number of hydrogen-bond donors (Lipinski definition) is 1. The molecule has 0 bridgehead atoms. The second kappa shape index (κ2) is 7.57. The Labute approximate surface area is 157 Å². The molecule has 0 unspecified atom stereocenters. The topological polar surface area (TPSA) is 77.1 Å². The number of fused-ring (bicyclic) bond motifs is 1. The van der Waals surface area contributed by atoms with Gasteiger partial charge in [-0.3, -0.25) is 9.59 Å². The molecule has 0 spiro atoms. The van der Waals surface area contributed by atoms with Crippen molar-refractivity contribution < 1.29 is 23.8 Å². The molecule has 27 heavy (non-hydrogen) atoms. The second-order valence-corrected chi connectivity index (χ2v) is 6.13. The van der Waals surface area contributed by atoms with Gasteiger partial charge in [-0.25, -0.2) is 0 Å². The van der Waals surface area contributed by atoms with E-state index < -0.39 is 0 Å². The SMILES string of the molecule is COc1cc(C(=O)Nc2ccc3c(c2)N(C(C)=O)CC3)cc(OC)c1OC. The van der Waals surface area contributed by atoms with Gasteiger partial charge in [0, 0.05) is 30.4 Å². The van der Waals surface area contributed by atoms with Crippen molar-refractivity contribution in [3.8, 4) is 17.2 Å². The number of rotatable bonds is 5. The highest BCUT2D eigenvalue weighted by Gasteiger charge is 2.23. The minimum Gasteiger partial charge on any atom is -0.493 e. The van der Waals surface area contributed by atoms with E-state index >= 15 is 0 Å². The van der Waals surface area contributed by atoms with Gasteiger partial charge in [0.15, 0.2) is 11.5 Å². The number of amides is 2. The van der Waals surface area contributed by atoms with Crippen molar-refractivity contribution in [2.45, 2.75) is 13.3 Å². The lowest BCUT2D eigenvalue weighted by atomic mass is 10.1. The Balaban J connectivity index is 1.88. The number of nitrogens with zero attached hydrogens (tertiary/aromatic N) is 1. The summed E-state index contributed by atoms with van der Waals surface area (Å²) in [5.41, 5.74) is 2.91. The summed E-state index contributed by atoms with van der Waals surface area (Å²) in [4.78, 5) is 26.2. The third-order valence-electron chi connectivity index (χ3n) is 4.55. The van der Waals surface area contributed by atoms with Crippen molar-refractivity contribution in [2.24, 2.45) is 0 Å². The minimum atomic E-state index is -0.318. The van der Waals surface area contributed by atoms with Crippen LogP contribution in [-0.4, -0.2) is 39.7 Å². The number of anilines is 2. The predicted octanol–water partition coefficient (Wildman–Crippen LogP) is 2.87. The van der Waals surface area contributed by atoms with Crippen LogP contribution in [0.25, 0.3) is 0 Å². The van der Waals surface area contributed by atoms with Gasteiger partial charge in [0.05, 0.1) is 21.3 Å². The first-order chi connectivity index (χ1) is 13.0. The third kappa shape index (κ3) is 3.53. The Hall–Kier alpha value is -3.22. The standard InChI is InChI=1S/C20H22N2O5/c1-12(23)22-8-7-13-5-6-15(11-16(13)22)21-20(24)14-9-17(25-2)19(27-4)18(10-14)26-3/h5-6,9-11H,7-8H2,1-4H3,(H,21,24). The summed E-state index contributed by atoms with van der Waals surface area (Å²) in [5, 5.41) is 2.86.